The van der Waals surface area contributed by atoms with Crippen LogP contribution >= 0.6 is 0 Å². The van der Waals surface area contributed by atoms with Crippen LogP contribution < -0.4 is 34.9 Å². The summed E-state index contributed by atoms with van der Waals surface area (Å²) in [6.45, 7) is 2.04. The van der Waals surface area contributed by atoms with Gasteiger partial charge in [-0.15, -0.1) is 0 Å². The third-order valence-electron chi connectivity index (χ3n) is 5.61. The van der Waals surface area contributed by atoms with Gasteiger partial charge in [0.05, 0.1) is 17.7 Å². The van der Waals surface area contributed by atoms with E-state index in [-0.39, 0.29) is 48.0 Å². The van der Waals surface area contributed by atoms with Gasteiger partial charge in [-0.2, -0.15) is 0 Å². The molecule has 1 heterocycles. The molecule has 0 atom stereocenters. The second kappa shape index (κ2) is 17.0. The van der Waals surface area contributed by atoms with Crippen LogP contribution in [-0.4, -0.2) is 24.8 Å². The zero-order valence-corrected chi connectivity index (χ0v) is 23.6. The Kier molecular flexibility index (Phi) is 15.3. The molecule has 0 fully saturated rings. The van der Waals surface area contributed by atoms with Crippen molar-refractivity contribution in [3.05, 3.63) is 70.8 Å². The van der Waals surface area contributed by atoms with E-state index in [9.17, 15) is 22.6 Å². The number of fused-ring (bicyclic) bond motifs is 1. The van der Waals surface area contributed by atoms with E-state index < -0.39 is 10.4 Å². The van der Waals surface area contributed by atoms with Crippen molar-refractivity contribution in [1.29, 1.82) is 0 Å². The second-order valence-corrected chi connectivity index (χ2v) is 9.41. The second-order valence-electron chi connectivity index (χ2n) is 8.36. The topological polar surface area (TPSA) is 113 Å². The first-order valence-electron chi connectivity index (χ1n) is 11.9. The number of nitrogens with one attached hydrogen (secondary N) is 1. The van der Waals surface area contributed by atoms with Gasteiger partial charge in [0.1, 0.15) is 0 Å². The van der Waals surface area contributed by atoms with Crippen molar-refractivity contribution in [3.8, 4) is 0 Å². The Balaban J connectivity index is 0.000000401. The number of hydrogen-bond donors (Lipinski definition) is 1. The molecule has 0 saturated carbocycles. The summed E-state index contributed by atoms with van der Waals surface area (Å²) >= 11 is 0. The molecular weight excluding hydrogens is 477 g/mol. The number of carbonyl (C=O) groups excluding carboxylic acids is 2. The van der Waals surface area contributed by atoms with Crippen molar-refractivity contribution in [2.24, 2.45) is 0 Å². The summed E-state index contributed by atoms with van der Waals surface area (Å²) in [6.07, 6.45) is 12.5. The van der Waals surface area contributed by atoms with Gasteiger partial charge >= 0.3 is 29.6 Å². The van der Waals surface area contributed by atoms with Crippen molar-refractivity contribution in [3.63, 3.8) is 0 Å². The van der Waals surface area contributed by atoms with E-state index in [2.05, 4.69) is 16.4 Å². The molecule has 0 radical (unpaired) electrons. The van der Waals surface area contributed by atoms with Gasteiger partial charge in [0, 0.05) is 0 Å². The zero-order valence-electron chi connectivity index (χ0n) is 20.8. The Morgan fingerprint density at radius 3 is 2.00 bits per heavy atom. The van der Waals surface area contributed by atoms with Gasteiger partial charge in [0.25, 0.3) is 11.8 Å². The van der Waals surface area contributed by atoms with Crippen molar-refractivity contribution in [1.82, 2.24) is 5.32 Å². The predicted octanol–water partition coefficient (Wildman–Crippen LogP) is 2.31. The fourth-order valence-electron chi connectivity index (χ4n) is 3.84. The van der Waals surface area contributed by atoms with Crippen molar-refractivity contribution in [2.45, 2.75) is 77.7 Å². The molecule has 0 aromatic heterocycles. The number of benzene rings is 2. The molecule has 2 aromatic rings. The number of amides is 2. The minimum atomic E-state index is -4.57. The van der Waals surface area contributed by atoms with Crippen LogP contribution in [0, 0.1) is 0 Å². The molecule has 7 nitrogen and oxygen atoms in total. The maximum Gasteiger partial charge on any atom is 1.00 e. The van der Waals surface area contributed by atoms with E-state index in [1.54, 1.807) is 36.4 Å². The van der Waals surface area contributed by atoms with Gasteiger partial charge in [-0.25, -0.2) is 8.42 Å². The first-order valence-corrected chi connectivity index (χ1v) is 13.3. The summed E-state index contributed by atoms with van der Waals surface area (Å²) in [5, 5.41) is 2.38. The van der Waals surface area contributed by atoms with Gasteiger partial charge < -0.3 is 4.55 Å². The molecule has 35 heavy (non-hydrogen) atoms. The summed E-state index contributed by atoms with van der Waals surface area (Å²) < 4.78 is 34.1. The van der Waals surface area contributed by atoms with Crippen LogP contribution in [0.1, 0.15) is 96.6 Å². The van der Waals surface area contributed by atoms with Gasteiger partial charge in [0.15, 0.2) is 0 Å². The van der Waals surface area contributed by atoms with Crippen LogP contribution in [0.4, 0.5) is 0 Å². The minimum absolute atomic E-state index is 0. The molecule has 0 spiro atoms. The third kappa shape index (κ3) is 12.3. The van der Waals surface area contributed by atoms with Crippen LogP contribution in [0.15, 0.2) is 48.5 Å². The molecule has 0 unspecified atom stereocenters. The van der Waals surface area contributed by atoms with Crippen molar-refractivity contribution >= 4 is 22.2 Å². The van der Waals surface area contributed by atoms with Crippen LogP contribution in [0.5, 0.6) is 0 Å². The monoisotopic (exact) mass is 511 g/mol. The zero-order chi connectivity index (χ0) is 24.8. The molecule has 3 rings (SSSR count). The molecule has 1 aliphatic rings. The number of unbranched alkanes of at least 4 members (excludes halogenated alkanes) is 8. The smallest absolute Gasteiger partial charge is 0.726 e. The first-order chi connectivity index (χ1) is 16.3. The Hall–Kier alpha value is -1.55. The third-order valence-corrected chi connectivity index (χ3v) is 6.02. The average molecular weight is 512 g/mol. The first kappa shape index (κ1) is 31.5. The van der Waals surface area contributed by atoms with Gasteiger partial charge in [-0.3, -0.25) is 19.1 Å². The predicted molar refractivity (Wildman–Crippen MR) is 130 cm³/mol. The Morgan fingerprint density at radius 2 is 1.40 bits per heavy atom. The van der Waals surface area contributed by atoms with Gasteiger partial charge in [0.2, 0.25) is 10.4 Å². The standard InChI is InChI=1S/C19H27NO2.C7H8O4S.Na/c1-2-3-4-5-6-7-8-9-10-12-15-13-11-14-16-17(15)19(22)20-18(16)21;8-12(9,10)11-6-7-4-2-1-3-5-7;/h11,13-14H,2-10,12H2,1H3,(H,20,21,22);1-5H,6H2,(H,8,9,10);/q;;+1/p-1. The molecule has 186 valence electrons. The average Bonchev–Trinajstić information content (AvgIpc) is 3.11. The van der Waals surface area contributed by atoms with Gasteiger partial charge in [-0.05, 0) is 30.0 Å². The van der Waals surface area contributed by atoms with Crippen molar-refractivity contribution in [2.75, 3.05) is 0 Å². The van der Waals surface area contributed by atoms with E-state index in [1.165, 1.54) is 51.4 Å². The summed E-state index contributed by atoms with van der Waals surface area (Å²) in [5.41, 5.74) is 2.81. The van der Waals surface area contributed by atoms with Crippen LogP contribution in [0.2, 0.25) is 0 Å². The van der Waals surface area contributed by atoms with E-state index in [0.29, 0.717) is 16.7 Å². The fourth-order valence-corrected chi connectivity index (χ4v) is 4.12. The van der Waals surface area contributed by atoms with Crippen LogP contribution in [0.3, 0.4) is 0 Å². The summed E-state index contributed by atoms with van der Waals surface area (Å²) in [4.78, 5) is 23.4. The van der Waals surface area contributed by atoms with E-state index in [1.807, 2.05) is 12.1 Å². The number of rotatable bonds is 13. The Labute approximate surface area is 231 Å². The number of imide groups is 1. The SMILES string of the molecule is CCCCCCCCCCCc1cccc2c1C(=O)NC2=O.O=S(=O)([O-])OCc1ccccc1.[Na+]. The molecular formula is C26H34NNaO6S. The maximum absolute atomic E-state index is 11.8. The number of hydrogen-bond acceptors (Lipinski definition) is 6. The normalized spacial score (nSPS) is 12.3. The quantitative estimate of drug-likeness (QED) is 0.145. The number of aryl methyl sites for hydroxylation is 1. The Bertz CT molecular complexity index is 1030. The Morgan fingerprint density at radius 1 is 0.800 bits per heavy atom. The van der Waals surface area contributed by atoms with E-state index in [0.717, 1.165) is 18.4 Å². The van der Waals surface area contributed by atoms with E-state index in [4.69, 9.17) is 0 Å². The molecule has 1 aliphatic heterocycles. The molecule has 0 aliphatic carbocycles. The largest absolute Gasteiger partial charge is 1.00 e. The van der Waals surface area contributed by atoms with E-state index >= 15 is 0 Å². The summed E-state index contributed by atoms with van der Waals surface area (Å²) in [6, 6.07) is 14.2. The maximum atomic E-state index is 11.8. The summed E-state index contributed by atoms with van der Waals surface area (Å²) in [5.74, 6) is -0.486. The molecule has 0 bridgehead atoms. The molecule has 2 amide bonds. The van der Waals surface area contributed by atoms with Crippen LogP contribution in [-0.2, 0) is 27.6 Å². The molecule has 2 aromatic carbocycles. The fraction of sp³-hybridized carbons (Fsp3) is 0.462. The van der Waals surface area contributed by atoms with Gasteiger partial charge in [-0.1, -0.05) is 101 Å². The molecule has 1 N–H and O–H groups in total. The minimum Gasteiger partial charge on any atom is -0.726 e. The summed E-state index contributed by atoms with van der Waals surface area (Å²) in [7, 11) is -4.57. The van der Waals surface area contributed by atoms with Crippen molar-refractivity contribution < 1.29 is 56.3 Å². The molecule has 0 saturated heterocycles. The van der Waals surface area contributed by atoms with Crippen LogP contribution in [0.25, 0.3) is 0 Å². The molecule has 9 heteroatoms. The number of carbonyl (C=O) groups is 2.